The van der Waals surface area contributed by atoms with Gasteiger partial charge in [0.1, 0.15) is 0 Å². The highest BCUT2D eigenvalue weighted by Crippen LogP contribution is 2.16. The number of nitrogens with one attached hydrogen (secondary N) is 2. The van der Waals surface area contributed by atoms with E-state index in [-0.39, 0.29) is 11.9 Å². The van der Waals surface area contributed by atoms with E-state index in [4.69, 9.17) is 0 Å². The minimum Gasteiger partial charge on any atom is -0.348 e. The summed E-state index contributed by atoms with van der Waals surface area (Å²) in [5, 5.41) is 6.27. The largest absolute Gasteiger partial charge is 0.348 e. The van der Waals surface area contributed by atoms with E-state index in [0.717, 1.165) is 35.1 Å². The number of amides is 1. The molecule has 16 heavy (non-hydrogen) atoms. The summed E-state index contributed by atoms with van der Waals surface area (Å²) in [6.45, 7) is 3.81. The summed E-state index contributed by atoms with van der Waals surface area (Å²) in [5.41, 5.74) is 1.76. The maximum atomic E-state index is 12.0. The van der Waals surface area contributed by atoms with Gasteiger partial charge in [-0.15, -0.1) is 0 Å². The number of carbonyl (C=O) groups excluding carboxylic acids is 1. The molecule has 1 aromatic rings. The summed E-state index contributed by atoms with van der Waals surface area (Å²) < 4.78 is 0.938. The second-order valence-electron chi connectivity index (χ2n) is 4.12. The molecule has 86 valence electrons. The Bertz CT molecular complexity index is 400. The molecule has 1 aromatic carbocycles. The second-order valence-corrected chi connectivity index (χ2v) is 5.04. The van der Waals surface area contributed by atoms with Gasteiger partial charge >= 0.3 is 0 Å². The molecule has 1 atom stereocenters. The summed E-state index contributed by atoms with van der Waals surface area (Å²) in [7, 11) is 0. The molecule has 1 heterocycles. The third-order valence-corrected chi connectivity index (χ3v) is 3.33. The van der Waals surface area contributed by atoms with Gasteiger partial charge in [-0.05, 0) is 37.6 Å². The van der Waals surface area contributed by atoms with Crippen LogP contribution in [0.5, 0.6) is 0 Å². The topological polar surface area (TPSA) is 41.1 Å². The Balaban J connectivity index is 2.10. The lowest BCUT2D eigenvalue weighted by molar-refractivity contribution is 0.0939. The molecule has 1 amide bonds. The Hall–Kier alpha value is -0.870. The number of benzene rings is 1. The molecular formula is C12H15BrN2O. The van der Waals surface area contributed by atoms with E-state index in [9.17, 15) is 4.79 Å². The minimum absolute atomic E-state index is 0.0208. The molecule has 0 bridgehead atoms. The molecule has 0 radical (unpaired) electrons. The molecule has 0 saturated carbocycles. The Morgan fingerprint density at radius 3 is 3.06 bits per heavy atom. The fourth-order valence-corrected chi connectivity index (χ4v) is 2.24. The van der Waals surface area contributed by atoms with E-state index in [2.05, 4.69) is 26.6 Å². The van der Waals surface area contributed by atoms with Crippen molar-refractivity contribution in [1.82, 2.24) is 10.6 Å². The van der Waals surface area contributed by atoms with Crippen molar-refractivity contribution in [1.29, 1.82) is 0 Å². The average molecular weight is 283 g/mol. The first-order chi connectivity index (χ1) is 7.66. The summed E-state index contributed by atoms with van der Waals surface area (Å²) in [6.07, 6.45) is 1.01. The maximum absolute atomic E-state index is 12.0. The van der Waals surface area contributed by atoms with Crippen LogP contribution in [-0.4, -0.2) is 25.0 Å². The molecule has 1 aliphatic heterocycles. The number of rotatable bonds is 2. The van der Waals surface area contributed by atoms with Crippen LogP contribution in [0.4, 0.5) is 0 Å². The van der Waals surface area contributed by atoms with Crippen molar-refractivity contribution in [2.45, 2.75) is 19.4 Å². The van der Waals surface area contributed by atoms with Gasteiger partial charge in [0.05, 0.1) is 0 Å². The molecule has 0 unspecified atom stereocenters. The Morgan fingerprint density at radius 2 is 2.38 bits per heavy atom. The molecule has 4 heteroatoms. The van der Waals surface area contributed by atoms with Crippen molar-refractivity contribution < 1.29 is 4.79 Å². The van der Waals surface area contributed by atoms with E-state index in [1.165, 1.54) is 0 Å². The monoisotopic (exact) mass is 282 g/mol. The van der Waals surface area contributed by atoms with Gasteiger partial charge in [-0.25, -0.2) is 0 Å². The third-order valence-electron chi connectivity index (χ3n) is 2.84. The first-order valence-electron chi connectivity index (χ1n) is 5.44. The first kappa shape index (κ1) is 11.6. The van der Waals surface area contributed by atoms with Gasteiger partial charge in [-0.2, -0.15) is 0 Å². The van der Waals surface area contributed by atoms with E-state index < -0.39 is 0 Å². The van der Waals surface area contributed by atoms with Crippen LogP contribution in [0.15, 0.2) is 22.7 Å². The average Bonchev–Trinajstić information content (AvgIpc) is 2.74. The van der Waals surface area contributed by atoms with Gasteiger partial charge in [-0.3, -0.25) is 4.79 Å². The molecule has 0 aromatic heterocycles. The first-order valence-corrected chi connectivity index (χ1v) is 6.24. The Labute approximate surface area is 104 Å². The summed E-state index contributed by atoms with van der Waals surface area (Å²) in [4.78, 5) is 12.0. The van der Waals surface area contributed by atoms with Gasteiger partial charge in [0.15, 0.2) is 0 Å². The van der Waals surface area contributed by atoms with Gasteiger partial charge < -0.3 is 10.6 Å². The van der Waals surface area contributed by atoms with Gasteiger partial charge in [0.2, 0.25) is 0 Å². The minimum atomic E-state index is 0.0208. The standard InChI is InChI=1S/C12H15BrN2O/c1-8-2-3-9(13)6-11(8)12(16)15-10-4-5-14-7-10/h2-3,6,10,14H,4-5,7H2,1H3,(H,15,16)/t10-/m1/s1. The predicted molar refractivity (Wildman–Crippen MR) is 67.6 cm³/mol. The van der Waals surface area contributed by atoms with Crippen LogP contribution < -0.4 is 10.6 Å². The summed E-state index contributed by atoms with van der Waals surface area (Å²) in [6, 6.07) is 6.04. The van der Waals surface area contributed by atoms with Crippen LogP contribution in [-0.2, 0) is 0 Å². The second kappa shape index (κ2) is 4.97. The van der Waals surface area contributed by atoms with Gasteiger partial charge in [-0.1, -0.05) is 22.0 Å². The van der Waals surface area contributed by atoms with Crippen molar-refractivity contribution in [2.24, 2.45) is 0 Å². The van der Waals surface area contributed by atoms with E-state index in [0.29, 0.717) is 0 Å². The molecule has 1 fully saturated rings. The smallest absolute Gasteiger partial charge is 0.251 e. The summed E-state index contributed by atoms with van der Waals surface area (Å²) >= 11 is 3.38. The quantitative estimate of drug-likeness (QED) is 0.869. The van der Waals surface area contributed by atoms with Crippen molar-refractivity contribution in [3.8, 4) is 0 Å². The highest BCUT2D eigenvalue weighted by atomic mass is 79.9. The van der Waals surface area contributed by atoms with Crippen LogP contribution in [0.25, 0.3) is 0 Å². The fraction of sp³-hybridized carbons (Fsp3) is 0.417. The van der Waals surface area contributed by atoms with Crippen LogP contribution in [0.1, 0.15) is 22.3 Å². The summed E-state index contributed by atoms with van der Waals surface area (Å²) in [5.74, 6) is 0.0208. The lowest BCUT2D eigenvalue weighted by atomic mass is 10.1. The van der Waals surface area contributed by atoms with Crippen molar-refractivity contribution in [2.75, 3.05) is 13.1 Å². The van der Waals surface area contributed by atoms with E-state index in [1.807, 2.05) is 25.1 Å². The zero-order valence-corrected chi connectivity index (χ0v) is 10.8. The lowest BCUT2D eigenvalue weighted by Gasteiger charge is -2.12. The van der Waals surface area contributed by atoms with Crippen LogP contribution >= 0.6 is 15.9 Å². The molecule has 0 spiro atoms. The molecule has 1 saturated heterocycles. The Kier molecular flexibility index (Phi) is 3.61. The molecule has 0 aliphatic carbocycles. The highest BCUT2D eigenvalue weighted by molar-refractivity contribution is 9.10. The molecule has 1 aliphatic rings. The predicted octanol–water partition coefficient (Wildman–Crippen LogP) is 1.85. The van der Waals surface area contributed by atoms with Gasteiger partial charge in [0.25, 0.3) is 5.91 Å². The van der Waals surface area contributed by atoms with Crippen LogP contribution in [0, 0.1) is 6.92 Å². The number of hydrogen-bond donors (Lipinski definition) is 2. The van der Waals surface area contributed by atoms with Crippen LogP contribution in [0.3, 0.4) is 0 Å². The number of halogens is 1. The maximum Gasteiger partial charge on any atom is 0.251 e. The van der Waals surface area contributed by atoms with E-state index >= 15 is 0 Å². The lowest BCUT2D eigenvalue weighted by Crippen LogP contribution is -2.36. The van der Waals surface area contributed by atoms with Crippen molar-refractivity contribution in [3.05, 3.63) is 33.8 Å². The van der Waals surface area contributed by atoms with E-state index in [1.54, 1.807) is 0 Å². The number of carbonyl (C=O) groups is 1. The Morgan fingerprint density at radius 1 is 1.56 bits per heavy atom. The molecule has 3 nitrogen and oxygen atoms in total. The highest BCUT2D eigenvalue weighted by Gasteiger charge is 2.18. The number of hydrogen-bond acceptors (Lipinski definition) is 2. The van der Waals surface area contributed by atoms with Crippen molar-refractivity contribution in [3.63, 3.8) is 0 Å². The van der Waals surface area contributed by atoms with Crippen molar-refractivity contribution >= 4 is 21.8 Å². The molecular weight excluding hydrogens is 268 g/mol. The molecule has 2 N–H and O–H groups in total. The zero-order chi connectivity index (χ0) is 11.5. The van der Waals surface area contributed by atoms with Crippen LogP contribution in [0.2, 0.25) is 0 Å². The fourth-order valence-electron chi connectivity index (χ4n) is 1.88. The van der Waals surface area contributed by atoms with Gasteiger partial charge in [0, 0.05) is 22.6 Å². The zero-order valence-electron chi connectivity index (χ0n) is 9.22. The third kappa shape index (κ3) is 2.62. The number of aryl methyl sites for hydroxylation is 1. The molecule has 2 rings (SSSR count). The normalized spacial score (nSPS) is 19.8. The SMILES string of the molecule is Cc1ccc(Br)cc1C(=O)N[C@@H]1CCNC1.